The number of hydrogen-bond donors (Lipinski definition) is 1. The van der Waals surface area contributed by atoms with Crippen molar-refractivity contribution in [1.29, 1.82) is 5.26 Å². The first-order valence-electron chi connectivity index (χ1n) is 5.59. The Hall–Kier alpha value is -1.38. The van der Waals surface area contributed by atoms with Crippen LogP contribution in [0.1, 0.15) is 20.3 Å². The van der Waals surface area contributed by atoms with Gasteiger partial charge in [-0.25, -0.2) is 0 Å². The van der Waals surface area contributed by atoms with Gasteiger partial charge in [-0.1, -0.05) is 11.6 Å². The molecule has 4 nitrogen and oxygen atoms in total. The fourth-order valence-corrected chi connectivity index (χ4v) is 2.31. The third kappa shape index (κ3) is 2.71. The smallest absolute Gasteiger partial charge is 0.129 e. The number of benzene rings is 1. The van der Waals surface area contributed by atoms with E-state index in [9.17, 15) is 0 Å². The Morgan fingerprint density at radius 2 is 2.22 bits per heavy atom. The van der Waals surface area contributed by atoms with E-state index in [4.69, 9.17) is 16.9 Å². The van der Waals surface area contributed by atoms with Crippen LogP contribution in [0, 0.1) is 16.7 Å². The molecule has 18 heavy (non-hydrogen) atoms. The van der Waals surface area contributed by atoms with Crippen LogP contribution in [-0.2, 0) is 0 Å². The molecule has 0 amide bonds. The van der Waals surface area contributed by atoms with E-state index in [0.717, 1.165) is 23.1 Å². The molecule has 1 aromatic carbocycles. The average molecular weight is 281 g/mol. The fourth-order valence-electron chi connectivity index (χ4n) is 1.55. The molecule has 2 rings (SSSR count). The van der Waals surface area contributed by atoms with Gasteiger partial charge in [0.05, 0.1) is 33.9 Å². The first-order chi connectivity index (χ1) is 8.53. The lowest BCUT2D eigenvalue weighted by Crippen LogP contribution is -2.14. The van der Waals surface area contributed by atoms with Gasteiger partial charge < -0.3 is 5.32 Å². The molecule has 1 N–H and O–H groups in total. The maximum atomic E-state index is 8.96. The van der Waals surface area contributed by atoms with Gasteiger partial charge in [-0.3, -0.25) is 0 Å². The molecule has 6 heteroatoms. The minimum absolute atomic E-state index is 0.340. The number of nitriles is 1. The van der Waals surface area contributed by atoms with Crippen LogP contribution in [0.2, 0.25) is 5.02 Å². The molecule has 2 aromatic rings. The number of fused-ring (bicyclic) bond motifs is 1. The van der Waals surface area contributed by atoms with Crippen LogP contribution in [0.25, 0.3) is 11.0 Å². The Kier molecular flexibility index (Phi) is 3.69. The van der Waals surface area contributed by atoms with E-state index in [1.54, 1.807) is 0 Å². The maximum absolute atomic E-state index is 8.96. The zero-order valence-corrected chi connectivity index (χ0v) is 11.8. The van der Waals surface area contributed by atoms with Gasteiger partial charge >= 0.3 is 0 Å². The second kappa shape index (κ2) is 5.09. The van der Waals surface area contributed by atoms with Gasteiger partial charge in [0, 0.05) is 6.54 Å². The highest BCUT2D eigenvalue weighted by molar-refractivity contribution is 7.00. The number of nitrogens with one attached hydrogen (secondary N) is 1. The second-order valence-electron chi connectivity index (χ2n) is 4.73. The van der Waals surface area contributed by atoms with Gasteiger partial charge in [0.25, 0.3) is 0 Å². The number of anilines is 1. The fraction of sp³-hybridized carbons (Fsp3) is 0.417. The second-order valence-corrected chi connectivity index (χ2v) is 5.66. The Bertz CT molecular complexity index is 600. The molecule has 0 spiro atoms. The summed E-state index contributed by atoms with van der Waals surface area (Å²) in [6, 6.07) is 5.94. The number of aromatic nitrogens is 2. The van der Waals surface area contributed by atoms with Gasteiger partial charge in [-0.2, -0.15) is 14.0 Å². The van der Waals surface area contributed by atoms with E-state index in [0.29, 0.717) is 11.6 Å². The summed E-state index contributed by atoms with van der Waals surface area (Å²) >= 11 is 7.32. The van der Waals surface area contributed by atoms with Gasteiger partial charge in [0.2, 0.25) is 0 Å². The minimum Gasteiger partial charge on any atom is -0.382 e. The van der Waals surface area contributed by atoms with E-state index >= 15 is 0 Å². The van der Waals surface area contributed by atoms with Gasteiger partial charge in [-0.15, -0.1) is 0 Å². The third-order valence-electron chi connectivity index (χ3n) is 2.73. The molecule has 0 bridgehead atoms. The molecule has 0 unspecified atom stereocenters. The van der Waals surface area contributed by atoms with Crippen LogP contribution in [0.15, 0.2) is 12.1 Å². The molecular weight excluding hydrogens is 268 g/mol. The lowest BCUT2D eigenvalue weighted by molar-refractivity contribution is 0.466. The van der Waals surface area contributed by atoms with Crippen molar-refractivity contribution in [3.63, 3.8) is 0 Å². The molecule has 0 aliphatic rings. The highest BCUT2D eigenvalue weighted by atomic mass is 35.5. The van der Waals surface area contributed by atoms with Crippen LogP contribution in [0.3, 0.4) is 0 Å². The van der Waals surface area contributed by atoms with Crippen molar-refractivity contribution in [3.8, 4) is 6.07 Å². The summed E-state index contributed by atoms with van der Waals surface area (Å²) in [4.78, 5) is 0. The van der Waals surface area contributed by atoms with E-state index in [1.807, 2.05) is 26.0 Å². The Morgan fingerprint density at radius 1 is 1.44 bits per heavy atom. The predicted molar refractivity (Wildman–Crippen MR) is 74.9 cm³/mol. The van der Waals surface area contributed by atoms with E-state index in [2.05, 4.69) is 20.1 Å². The molecule has 0 saturated heterocycles. The average Bonchev–Trinajstić information content (AvgIpc) is 2.80. The number of nitrogens with zero attached hydrogens (tertiary/aromatic N) is 3. The first-order valence-corrected chi connectivity index (χ1v) is 6.70. The topological polar surface area (TPSA) is 61.6 Å². The largest absolute Gasteiger partial charge is 0.382 e. The Labute approximate surface area is 115 Å². The summed E-state index contributed by atoms with van der Waals surface area (Å²) in [6.45, 7) is 4.51. The summed E-state index contributed by atoms with van der Waals surface area (Å²) in [7, 11) is 0. The third-order valence-corrected chi connectivity index (χ3v) is 3.59. The minimum atomic E-state index is -0.340. The number of rotatable bonds is 4. The van der Waals surface area contributed by atoms with E-state index < -0.39 is 0 Å². The molecule has 0 fully saturated rings. The molecule has 0 radical (unpaired) electrons. The van der Waals surface area contributed by atoms with Crippen molar-refractivity contribution < 1.29 is 0 Å². The standard InChI is InChI=1S/C12H13ClN4S/c1-12(2,7-14)5-6-15-10-8(13)3-4-9-11(10)17-18-16-9/h3-4,15H,5-6H2,1-2H3. The zero-order chi connectivity index (χ0) is 13.2. The first kappa shape index (κ1) is 13.1. The molecule has 94 valence electrons. The molecule has 1 aromatic heterocycles. The van der Waals surface area contributed by atoms with Crippen molar-refractivity contribution in [3.05, 3.63) is 17.2 Å². The Morgan fingerprint density at radius 3 is 2.94 bits per heavy atom. The Balaban J connectivity index is 2.15. The van der Waals surface area contributed by atoms with E-state index in [-0.39, 0.29) is 5.41 Å². The van der Waals surface area contributed by atoms with Crippen molar-refractivity contribution in [2.75, 3.05) is 11.9 Å². The summed E-state index contributed by atoms with van der Waals surface area (Å²) in [6.07, 6.45) is 0.744. The molecule has 0 aliphatic heterocycles. The zero-order valence-electron chi connectivity index (χ0n) is 10.2. The van der Waals surface area contributed by atoms with Crippen LogP contribution in [0.4, 0.5) is 5.69 Å². The quantitative estimate of drug-likeness (QED) is 0.928. The summed E-state index contributed by atoms with van der Waals surface area (Å²) in [5, 5.41) is 12.8. The van der Waals surface area contributed by atoms with Crippen molar-refractivity contribution >= 4 is 40.0 Å². The normalized spacial score (nSPS) is 11.4. The molecule has 0 saturated carbocycles. The van der Waals surface area contributed by atoms with Crippen LogP contribution in [-0.4, -0.2) is 15.3 Å². The van der Waals surface area contributed by atoms with Gasteiger partial charge in [0.1, 0.15) is 11.0 Å². The summed E-state index contributed by atoms with van der Waals surface area (Å²) in [5.74, 6) is 0. The van der Waals surface area contributed by atoms with Crippen LogP contribution in [0.5, 0.6) is 0 Å². The van der Waals surface area contributed by atoms with Gasteiger partial charge in [-0.05, 0) is 32.4 Å². The number of halogens is 1. The molecular formula is C12H13ClN4S. The highest BCUT2D eigenvalue weighted by Crippen LogP contribution is 2.30. The summed E-state index contributed by atoms with van der Waals surface area (Å²) in [5.41, 5.74) is 2.10. The van der Waals surface area contributed by atoms with Crippen molar-refractivity contribution in [1.82, 2.24) is 8.75 Å². The SMILES string of the molecule is CC(C)(C#N)CCNc1c(Cl)ccc2nsnc12. The predicted octanol–water partition coefficient (Wildman–Crippen LogP) is 3.70. The lowest BCUT2D eigenvalue weighted by Gasteiger charge is -2.16. The molecule has 1 heterocycles. The lowest BCUT2D eigenvalue weighted by atomic mass is 9.91. The van der Waals surface area contributed by atoms with Crippen LogP contribution >= 0.6 is 23.3 Å². The monoisotopic (exact) mass is 280 g/mol. The molecule has 0 aliphatic carbocycles. The number of hydrogen-bond acceptors (Lipinski definition) is 5. The van der Waals surface area contributed by atoms with Crippen molar-refractivity contribution in [2.24, 2.45) is 5.41 Å². The van der Waals surface area contributed by atoms with Gasteiger partial charge in [0.15, 0.2) is 0 Å². The van der Waals surface area contributed by atoms with Crippen molar-refractivity contribution in [2.45, 2.75) is 20.3 Å². The highest BCUT2D eigenvalue weighted by Gasteiger charge is 2.16. The van der Waals surface area contributed by atoms with Crippen LogP contribution < -0.4 is 5.32 Å². The maximum Gasteiger partial charge on any atom is 0.129 e. The summed E-state index contributed by atoms with van der Waals surface area (Å²) < 4.78 is 8.41. The molecule has 0 atom stereocenters. The van der Waals surface area contributed by atoms with E-state index in [1.165, 1.54) is 11.7 Å².